The standard InChI is InChI=1S/C21H27FN4O2S.HI/c1-3-23-21(26-13-16-4-7-18(22)12-17(16)14-29-2)25-11-10-24-20(28)15-5-8-19(27)9-6-15;/h4-9,12,27H,3,10-11,13-14H2,1-2H3,(H,24,28)(H2,23,25,26);1H. The average molecular weight is 546 g/mol. The second kappa shape index (κ2) is 14.1. The molecule has 0 heterocycles. The van der Waals surface area contributed by atoms with Crippen LogP contribution in [0.1, 0.15) is 28.4 Å². The van der Waals surface area contributed by atoms with Crippen molar-refractivity contribution in [3.05, 3.63) is 65.0 Å². The van der Waals surface area contributed by atoms with Crippen LogP contribution in [0.25, 0.3) is 0 Å². The maximum Gasteiger partial charge on any atom is 0.251 e. The van der Waals surface area contributed by atoms with E-state index in [0.29, 0.717) is 37.7 Å². The summed E-state index contributed by atoms with van der Waals surface area (Å²) in [6, 6.07) is 10.9. The third-order valence-corrected chi connectivity index (χ3v) is 4.65. The van der Waals surface area contributed by atoms with Crippen LogP contribution in [0.3, 0.4) is 0 Å². The molecule has 0 aliphatic heterocycles. The van der Waals surface area contributed by atoms with Crippen molar-refractivity contribution in [3.63, 3.8) is 0 Å². The zero-order chi connectivity index (χ0) is 21.1. The van der Waals surface area contributed by atoms with Crippen molar-refractivity contribution in [1.82, 2.24) is 16.0 Å². The van der Waals surface area contributed by atoms with Gasteiger partial charge in [-0.25, -0.2) is 9.38 Å². The van der Waals surface area contributed by atoms with E-state index in [1.807, 2.05) is 13.2 Å². The molecule has 1 amide bonds. The van der Waals surface area contributed by atoms with Crippen LogP contribution in [-0.4, -0.2) is 42.9 Å². The zero-order valence-corrected chi connectivity index (χ0v) is 20.2. The molecule has 0 aliphatic rings. The van der Waals surface area contributed by atoms with E-state index in [1.165, 1.54) is 18.2 Å². The van der Waals surface area contributed by atoms with E-state index in [0.717, 1.165) is 16.9 Å². The molecule has 0 fully saturated rings. The Hall–Kier alpha value is -2.01. The third kappa shape index (κ3) is 8.78. The highest BCUT2D eigenvalue weighted by atomic mass is 127. The summed E-state index contributed by atoms with van der Waals surface area (Å²) >= 11 is 1.64. The summed E-state index contributed by atoms with van der Waals surface area (Å²) < 4.78 is 13.5. The number of thioether (sulfide) groups is 1. The first-order chi connectivity index (χ1) is 14.0. The van der Waals surface area contributed by atoms with Crippen LogP contribution >= 0.6 is 35.7 Å². The van der Waals surface area contributed by atoms with E-state index in [1.54, 1.807) is 36.0 Å². The van der Waals surface area contributed by atoms with E-state index < -0.39 is 0 Å². The average Bonchev–Trinajstić information content (AvgIpc) is 2.71. The van der Waals surface area contributed by atoms with Gasteiger partial charge < -0.3 is 21.1 Å². The molecule has 4 N–H and O–H groups in total. The molecule has 0 atom stereocenters. The lowest BCUT2D eigenvalue weighted by molar-refractivity contribution is 0.0954. The summed E-state index contributed by atoms with van der Waals surface area (Å²) in [7, 11) is 0. The van der Waals surface area contributed by atoms with Crippen LogP contribution in [0.2, 0.25) is 0 Å². The number of benzene rings is 2. The minimum absolute atomic E-state index is 0. The summed E-state index contributed by atoms with van der Waals surface area (Å²) in [6.45, 7) is 4.02. The minimum atomic E-state index is -0.240. The Morgan fingerprint density at radius 1 is 1.07 bits per heavy atom. The van der Waals surface area contributed by atoms with Crippen LogP contribution in [-0.2, 0) is 12.3 Å². The molecule has 0 aromatic heterocycles. The van der Waals surface area contributed by atoms with Gasteiger partial charge in [-0.3, -0.25) is 4.79 Å². The highest BCUT2D eigenvalue weighted by Crippen LogP contribution is 2.17. The van der Waals surface area contributed by atoms with Crippen molar-refractivity contribution < 1.29 is 14.3 Å². The smallest absolute Gasteiger partial charge is 0.251 e. The Morgan fingerprint density at radius 2 is 1.77 bits per heavy atom. The second-order valence-corrected chi connectivity index (χ2v) is 7.14. The number of carbonyl (C=O) groups is 1. The summed E-state index contributed by atoms with van der Waals surface area (Å²) in [6.07, 6.45) is 1.98. The lowest BCUT2D eigenvalue weighted by Crippen LogP contribution is -2.41. The van der Waals surface area contributed by atoms with Crippen molar-refractivity contribution in [3.8, 4) is 5.75 Å². The van der Waals surface area contributed by atoms with Crippen molar-refractivity contribution in [1.29, 1.82) is 0 Å². The number of carbonyl (C=O) groups excluding carboxylic acids is 1. The van der Waals surface area contributed by atoms with Gasteiger partial charge in [-0.15, -0.1) is 24.0 Å². The fraction of sp³-hybridized carbons (Fsp3) is 0.333. The van der Waals surface area contributed by atoms with Crippen LogP contribution in [0.4, 0.5) is 4.39 Å². The molecule has 2 rings (SSSR count). The third-order valence-electron chi connectivity index (χ3n) is 4.05. The van der Waals surface area contributed by atoms with Crippen LogP contribution in [0.5, 0.6) is 5.75 Å². The van der Waals surface area contributed by atoms with Crippen molar-refractivity contribution in [2.75, 3.05) is 25.9 Å². The fourth-order valence-corrected chi connectivity index (χ4v) is 3.20. The van der Waals surface area contributed by atoms with E-state index in [9.17, 15) is 14.3 Å². The number of hydrogen-bond acceptors (Lipinski definition) is 4. The Kier molecular flexibility index (Phi) is 12.2. The molecule has 0 spiro atoms. The Balaban J connectivity index is 0.00000450. The Morgan fingerprint density at radius 3 is 2.43 bits per heavy atom. The number of halogens is 2. The number of nitrogens with zero attached hydrogens (tertiary/aromatic N) is 1. The quantitative estimate of drug-likeness (QED) is 0.168. The van der Waals surface area contributed by atoms with E-state index in [4.69, 9.17) is 0 Å². The molecule has 30 heavy (non-hydrogen) atoms. The predicted molar refractivity (Wildman–Crippen MR) is 132 cm³/mol. The van der Waals surface area contributed by atoms with Gasteiger partial charge in [0.1, 0.15) is 11.6 Å². The largest absolute Gasteiger partial charge is 0.508 e. The molecule has 6 nitrogen and oxygen atoms in total. The first-order valence-electron chi connectivity index (χ1n) is 9.39. The van der Waals surface area contributed by atoms with Crippen LogP contribution in [0, 0.1) is 5.82 Å². The maximum atomic E-state index is 13.5. The number of guanidine groups is 1. The van der Waals surface area contributed by atoms with E-state index in [-0.39, 0.29) is 41.5 Å². The molecule has 9 heteroatoms. The molecule has 0 saturated heterocycles. The number of nitrogens with one attached hydrogen (secondary N) is 3. The molecule has 164 valence electrons. The van der Waals surface area contributed by atoms with Gasteiger partial charge in [0, 0.05) is 31.0 Å². The van der Waals surface area contributed by atoms with Gasteiger partial charge in [0.05, 0.1) is 6.54 Å². The van der Waals surface area contributed by atoms with Gasteiger partial charge in [-0.2, -0.15) is 11.8 Å². The van der Waals surface area contributed by atoms with Crippen LogP contribution in [0.15, 0.2) is 47.5 Å². The Bertz CT molecular complexity index is 834. The minimum Gasteiger partial charge on any atom is -0.508 e. The highest BCUT2D eigenvalue weighted by molar-refractivity contribution is 14.0. The SMILES string of the molecule is CCNC(=NCc1ccc(F)cc1CSC)NCCNC(=O)c1ccc(O)cc1.I. The molecule has 0 unspecified atom stereocenters. The predicted octanol–water partition coefficient (Wildman–Crippen LogP) is 3.50. The zero-order valence-electron chi connectivity index (χ0n) is 17.1. The number of hydrogen-bond donors (Lipinski definition) is 4. The van der Waals surface area contributed by atoms with Gasteiger partial charge >= 0.3 is 0 Å². The lowest BCUT2D eigenvalue weighted by Gasteiger charge is -2.13. The summed E-state index contributed by atoms with van der Waals surface area (Å²) in [5, 5.41) is 18.4. The molecule has 0 saturated carbocycles. The normalized spacial score (nSPS) is 10.8. The maximum absolute atomic E-state index is 13.5. The van der Waals surface area contributed by atoms with Crippen molar-refractivity contribution in [2.45, 2.75) is 19.2 Å². The van der Waals surface area contributed by atoms with Gasteiger partial charge in [-0.05, 0) is 60.7 Å². The molecule has 2 aromatic carbocycles. The number of aromatic hydroxyl groups is 1. The molecule has 0 bridgehead atoms. The summed E-state index contributed by atoms with van der Waals surface area (Å²) in [5.41, 5.74) is 2.41. The van der Waals surface area contributed by atoms with E-state index >= 15 is 0 Å². The number of aliphatic imine (C=N–C) groups is 1. The number of phenols is 1. The van der Waals surface area contributed by atoms with Crippen molar-refractivity contribution in [2.24, 2.45) is 4.99 Å². The lowest BCUT2D eigenvalue weighted by atomic mass is 10.1. The summed E-state index contributed by atoms with van der Waals surface area (Å²) in [4.78, 5) is 16.6. The number of amides is 1. The number of rotatable bonds is 9. The first-order valence-corrected chi connectivity index (χ1v) is 10.8. The molecule has 2 aromatic rings. The second-order valence-electron chi connectivity index (χ2n) is 6.27. The molecular formula is C21H28FIN4O2S. The Labute approximate surface area is 198 Å². The van der Waals surface area contributed by atoms with Crippen LogP contribution < -0.4 is 16.0 Å². The van der Waals surface area contributed by atoms with E-state index in [2.05, 4.69) is 20.9 Å². The van der Waals surface area contributed by atoms with Gasteiger partial charge in [-0.1, -0.05) is 6.07 Å². The summed E-state index contributed by atoms with van der Waals surface area (Å²) in [5.74, 6) is 1.04. The topological polar surface area (TPSA) is 85.8 Å². The number of phenolic OH excluding ortho intramolecular Hbond substituents is 1. The molecule has 0 aliphatic carbocycles. The molecule has 0 radical (unpaired) electrons. The van der Waals surface area contributed by atoms with Gasteiger partial charge in [0.25, 0.3) is 5.91 Å². The van der Waals surface area contributed by atoms with Gasteiger partial charge in [0.2, 0.25) is 0 Å². The van der Waals surface area contributed by atoms with Crippen molar-refractivity contribution >= 4 is 47.6 Å². The molecular weight excluding hydrogens is 518 g/mol. The first kappa shape index (κ1) is 26.0. The monoisotopic (exact) mass is 546 g/mol. The van der Waals surface area contributed by atoms with Gasteiger partial charge in [0.15, 0.2) is 5.96 Å². The fourth-order valence-electron chi connectivity index (χ4n) is 2.62. The highest BCUT2D eigenvalue weighted by Gasteiger charge is 2.06.